The molecule has 4 aromatic heterocycles. The number of fused-ring (bicyclic) bond motifs is 2. The van der Waals surface area contributed by atoms with Crippen molar-refractivity contribution >= 4 is 50.6 Å². The van der Waals surface area contributed by atoms with E-state index in [1.165, 1.54) is 34.3 Å². The highest BCUT2D eigenvalue weighted by Crippen LogP contribution is 2.51. The lowest BCUT2D eigenvalue weighted by Gasteiger charge is -2.51. The summed E-state index contributed by atoms with van der Waals surface area (Å²) in [5.74, 6) is -0.468. The molecular weight excluding hydrogens is 721 g/mol. The maximum Gasteiger partial charge on any atom is 0.349 e. The molecule has 1 saturated heterocycles. The summed E-state index contributed by atoms with van der Waals surface area (Å²) in [5, 5.41) is 38.8. The van der Waals surface area contributed by atoms with Crippen molar-refractivity contribution in [2.24, 2.45) is 5.41 Å². The van der Waals surface area contributed by atoms with Crippen LogP contribution in [0.5, 0.6) is 5.75 Å². The first-order chi connectivity index (χ1) is 26.3. The molecule has 54 heavy (non-hydrogen) atoms. The van der Waals surface area contributed by atoms with Crippen LogP contribution in [0.15, 0.2) is 82.3 Å². The lowest BCUT2D eigenvalue weighted by atomic mass is 9.61. The molecule has 1 saturated carbocycles. The lowest BCUT2D eigenvalue weighted by molar-refractivity contribution is -0.181. The third-order valence-electron chi connectivity index (χ3n) is 11.3. The maximum atomic E-state index is 13.4. The molecule has 0 amide bonds. The number of rotatable bonds is 15. The quantitative estimate of drug-likeness (QED) is 0.0697. The Kier molecular flexibility index (Phi) is 10.7. The smallest absolute Gasteiger partial charge is 0.349 e. The number of nitrogens with zero attached hydrogens (tertiary/aromatic N) is 4. The number of nitrogens with one attached hydrogen (secondary N) is 2. The van der Waals surface area contributed by atoms with Gasteiger partial charge in [0, 0.05) is 24.5 Å². The van der Waals surface area contributed by atoms with Gasteiger partial charge in [0.15, 0.2) is 0 Å². The number of unbranched alkanes of at least 4 members (excludes halogenated alkanes) is 1. The predicted molar refractivity (Wildman–Crippen MR) is 212 cm³/mol. The first kappa shape index (κ1) is 36.6. The molecule has 2 aromatic carbocycles. The van der Waals surface area contributed by atoms with Crippen LogP contribution in [0.4, 0.5) is 0 Å². The van der Waals surface area contributed by atoms with E-state index in [1.807, 2.05) is 33.6 Å². The fourth-order valence-corrected chi connectivity index (χ4v) is 9.94. The van der Waals surface area contributed by atoms with Gasteiger partial charge in [0.25, 0.3) is 0 Å². The molecule has 8 rings (SSSR count). The minimum Gasteiger partial charge on any atom is -0.506 e. The molecule has 0 radical (unpaired) electrons. The molecule has 0 atom stereocenters. The van der Waals surface area contributed by atoms with Gasteiger partial charge >= 0.3 is 5.97 Å². The molecule has 2 fully saturated rings. The Labute approximate surface area is 321 Å². The number of aliphatic hydroxyl groups is 1. The topological polar surface area (TPSA) is 146 Å². The van der Waals surface area contributed by atoms with Crippen LogP contribution in [0.25, 0.3) is 21.9 Å². The summed E-state index contributed by atoms with van der Waals surface area (Å²) in [5.41, 5.74) is 3.04. The van der Waals surface area contributed by atoms with Crippen molar-refractivity contribution in [2.75, 3.05) is 26.2 Å². The number of benzene rings is 2. The van der Waals surface area contributed by atoms with Crippen molar-refractivity contribution in [3.8, 4) is 5.75 Å². The summed E-state index contributed by atoms with van der Waals surface area (Å²) in [7, 11) is 0. The van der Waals surface area contributed by atoms with E-state index in [0.717, 1.165) is 113 Å². The van der Waals surface area contributed by atoms with E-state index in [0.29, 0.717) is 15.3 Å². The zero-order valence-corrected chi connectivity index (χ0v) is 31.8. The fraction of sp³-hybridized carbons (Fsp3) is 0.415. The molecule has 1 aliphatic carbocycles. The van der Waals surface area contributed by atoms with E-state index in [4.69, 9.17) is 4.74 Å². The van der Waals surface area contributed by atoms with Crippen LogP contribution in [0.2, 0.25) is 0 Å². The van der Waals surface area contributed by atoms with Gasteiger partial charge in [-0.15, -0.1) is 27.8 Å². The van der Waals surface area contributed by atoms with E-state index in [9.17, 15) is 19.8 Å². The highest BCUT2D eigenvalue weighted by atomic mass is 32.1. The number of likely N-dealkylation sites (tertiary alicyclic amines) is 1. The van der Waals surface area contributed by atoms with Crippen LogP contribution in [-0.4, -0.2) is 73.3 Å². The Morgan fingerprint density at radius 1 is 0.981 bits per heavy atom. The number of aromatic nitrogens is 4. The Bertz CT molecular complexity index is 2220. The Morgan fingerprint density at radius 3 is 2.50 bits per heavy atom. The molecule has 0 unspecified atom stereocenters. The third kappa shape index (κ3) is 7.60. The summed E-state index contributed by atoms with van der Waals surface area (Å²) < 4.78 is 7.96. The van der Waals surface area contributed by atoms with Gasteiger partial charge in [-0.05, 0) is 141 Å². The summed E-state index contributed by atoms with van der Waals surface area (Å²) in [6.45, 7) is 5.56. The number of phenolic OH excluding ortho intramolecular Hbond substituents is 1. The van der Waals surface area contributed by atoms with E-state index < -0.39 is 11.6 Å². The average Bonchev–Trinajstić information content (AvgIpc) is 3.98. The van der Waals surface area contributed by atoms with E-state index in [-0.39, 0.29) is 22.8 Å². The van der Waals surface area contributed by atoms with E-state index >= 15 is 0 Å². The molecule has 2 aliphatic rings. The second kappa shape index (κ2) is 15.8. The van der Waals surface area contributed by atoms with Crippen molar-refractivity contribution in [2.45, 2.75) is 76.2 Å². The number of phenols is 1. The Hall–Kier alpha value is -4.40. The maximum absolute atomic E-state index is 13.4. The van der Waals surface area contributed by atoms with Gasteiger partial charge in [0.05, 0.1) is 20.8 Å². The Morgan fingerprint density at radius 2 is 1.76 bits per heavy atom. The first-order valence-corrected chi connectivity index (χ1v) is 20.7. The van der Waals surface area contributed by atoms with Crippen LogP contribution in [0, 0.1) is 5.41 Å². The molecule has 5 heterocycles. The fourth-order valence-electron chi connectivity index (χ4n) is 8.23. The van der Waals surface area contributed by atoms with Crippen LogP contribution < -0.4 is 10.9 Å². The number of carbonyl (C=O) groups is 1. The molecule has 0 bridgehead atoms. The van der Waals surface area contributed by atoms with Crippen molar-refractivity contribution in [3.05, 3.63) is 109 Å². The Balaban J connectivity index is 0.737. The highest BCUT2D eigenvalue weighted by Gasteiger charge is 2.51. The van der Waals surface area contributed by atoms with Crippen LogP contribution in [0.3, 0.4) is 0 Å². The molecule has 1 spiro atoms. The molecule has 1 aliphatic heterocycles. The molecule has 282 valence electrons. The predicted octanol–water partition coefficient (Wildman–Crippen LogP) is 6.33. The van der Waals surface area contributed by atoms with Gasteiger partial charge < -0.3 is 30.2 Å². The number of pyridine rings is 1. The normalized spacial score (nSPS) is 16.3. The highest BCUT2D eigenvalue weighted by molar-refractivity contribution is 7.12. The minimum absolute atomic E-state index is 0.0973. The first-order valence-electron chi connectivity index (χ1n) is 18.9. The summed E-state index contributed by atoms with van der Waals surface area (Å²) >= 11 is 2.74. The summed E-state index contributed by atoms with van der Waals surface area (Å²) in [4.78, 5) is 31.5. The number of hydrogen-bond donors (Lipinski definition) is 4. The molecule has 13 heteroatoms. The standard InChI is InChI=1S/C41H46N6O5S2/c48-34-13-10-29(31-11-14-37(49)43-38(31)34)6-1-2-17-42-27-28-9-12-33-32(24-28)44-45-47(33)19-5-18-46-20-15-40(16-21-46)25-30(26-40)52-39(50)41(51,35-7-3-22-53-35)36-8-4-23-54-36/h3-4,7-14,22-24,30,42,48,51H,1-2,5-6,15-21,25-27H2,(H,43,49). The molecule has 11 nitrogen and oxygen atoms in total. The third-order valence-corrected chi connectivity index (χ3v) is 13.3. The number of piperidine rings is 1. The van der Waals surface area contributed by atoms with Gasteiger partial charge in [-0.2, -0.15) is 0 Å². The van der Waals surface area contributed by atoms with Gasteiger partial charge in [-0.1, -0.05) is 29.5 Å². The summed E-state index contributed by atoms with van der Waals surface area (Å²) in [6, 6.07) is 20.6. The largest absolute Gasteiger partial charge is 0.506 e. The second-order valence-corrected chi connectivity index (χ2v) is 16.8. The number of thiophene rings is 2. The number of aromatic hydroxyl groups is 1. The summed E-state index contributed by atoms with van der Waals surface area (Å²) in [6.07, 6.45) is 7.66. The van der Waals surface area contributed by atoms with Crippen molar-refractivity contribution < 1.29 is 19.7 Å². The van der Waals surface area contributed by atoms with Crippen molar-refractivity contribution in [1.29, 1.82) is 0 Å². The second-order valence-electron chi connectivity index (χ2n) is 14.9. The number of aromatic amines is 1. The monoisotopic (exact) mass is 766 g/mol. The zero-order valence-electron chi connectivity index (χ0n) is 30.2. The average molecular weight is 767 g/mol. The number of hydrogen-bond acceptors (Lipinski definition) is 11. The van der Waals surface area contributed by atoms with Crippen molar-refractivity contribution in [3.63, 3.8) is 0 Å². The minimum atomic E-state index is -1.75. The lowest BCUT2D eigenvalue weighted by Crippen LogP contribution is -2.52. The van der Waals surface area contributed by atoms with Crippen LogP contribution >= 0.6 is 22.7 Å². The zero-order chi connectivity index (χ0) is 37.1. The van der Waals surface area contributed by atoms with Gasteiger partial charge in [-0.25, -0.2) is 9.48 Å². The van der Waals surface area contributed by atoms with Gasteiger partial charge in [-0.3, -0.25) is 4.79 Å². The number of carbonyl (C=O) groups excluding carboxylic acids is 1. The van der Waals surface area contributed by atoms with E-state index in [1.54, 1.807) is 24.3 Å². The number of H-pyrrole nitrogens is 1. The number of esters is 1. The SMILES string of the molecule is O=C(OC1CC2(CCN(CCCn3nnc4cc(CNCCCCc5ccc(O)c6[nH]c(=O)ccc56)ccc43)CC2)C1)C(O)(c1cccs1)c1cccs1. The van der Waals surface area contributed by atoms with Gasteiger partial charge in [0.2, 0.25) is 11.2 Å². The van der Waals surface area contributed by atoms with Gasteiger partial charge in [0.1, 0.15) is 17.4 Å². The van der Waals surface area contributed by atoms with Crippen LogP contribution in [-0.2, 0) is 34.6 Å². The van der Waals surface area contributed by atoms with Crippen LogP contribution in [0.1, 0.15) is 65.8 Å². The number of aryl methyl sites for hydroxylation is 2. The molecular formula is C41H46N6O5S2. The molecule has 6 aromatic rings. The molecule has 4 N–H and O–H groups in total. The van der Waals surface area contributed by atoms with Crippen molar-refractivity contribution in [1.82, 2.24) is 30.2 Å². The number of ether oxygens (including phenoxy) is 1. The van der Waals surface area contributed by atoms with E-state index in [2.05, 4.69) is 43.7 Å².